The van der Waals surface area contributed by atoms with E-state index < -0.39 is 4.92 Å². The average Bonchev–Trinajstić information content (AvgIpc) is 3.23. The zero-order chi connectivity index (χ0) is 20.3. The SMILES string of the molecule is Cc1cc([N+](=O)[O-])nn1CCC(=O)Nc1cnn(C)c1C(=O)N1CCCCC1. The quantitative estimate of drug-likeness (QED) is 0.589. The molecule has 1 saturated heterocycles. The molecule has 0 spiro atoms. The van der Waals surface area contributed by atoms with Gasteiger partial charge in [0.1, 0.15) is 5.69 Å². The standard InChI is InChI=1S/C17H23N7O4/c1-12-10-14(24(27)28)20-23(12)9-6-15(25)19-13-11-18-21(2)16(13)17(26)22-7-4-3-5-8-22/h10-11H,3-9H2,1-2H3,(H,19,25). The van der Waals surface area contributed by atoms with Gasteiger partial charge in [-0.05, 0) is 31.1 Å². The lowest BCUT2D eigenvalue weighted by Crippen LogP contribution is -2.37. The number of nitrogens with one attached hydrogen (secondary N) is 1. The predicted molar refractivity (Wildman–Crippen MR) is 99.8 cm³/mol. The number of piperidine rings is 1. The number of nitro groups is 1. The molecule has 0 atom stereocenters. The minimum atomic E-state index is -0.572. The van der Waals surface area contributed by atoms with E-state index in [4.69, 9.17) is 0 Å². The van der Waals surface area contributed by atoms with Crippen molar-refractivity contribution in [1.82, 2.24) is 24.5 Å². The van der Waals surface area contributed by atoms with E-state index >= 15 is 0 Å². The van der Waals surface area contributed by atoms with Crippen LogP contribution < -0.4 is 5.32 Å². The van der Waals surface area contributed by atoms with Gasteiger partial charge in [0.2, 0.25) is 5.91 Å². The zero-order valence-electron chi connectivity index (χ0n) is 15.9. The monoisotopic (exact) mass is 389 g/mol. The van der Waals surface area contributed by atoms with Crippen molar-refractivity contribution in [2.45, 2.75) is 39.2 Å². The molecular formula is C17H23N7O4. The molecule has 2 amide bonds. The first-order valence-electron chi connectivity index (χ1n) is 9.17. The van der Waals surface area contributed by atoms with Gasteiger partial charge in [-0.1, -0.05) is 0 Å². The van der Waals surface area contributed by atoms with Gasteiger partial charge in [0, 0.05) is 26.6 Å². The molecule has 0 unspecified atom stereocenters. The fourth-order valence-corrected chi connectivity index (χ4v) is 3.26. The minimum absolute atomic E-state index is 0.0614. The molecule has 28 heavy (non-hydrogen) atoms. The molecular weight excluding hydrogens is 366 g/mol. The highest BCUT2D eigenvalue weighted by molar-refractivity contribution is 6.02. The van der Waals surface area contributed by atoms with Crippen molar-refractivity contribution in [3.63, 3.8) is 0 Å². The van der Waals surface area contributed by atoms with Crippen molar-refractivity contribution in [3.8, 4) is 0 Å². The molecule has 3 heterocycles. The highest BCUT2D eigenvalue weighted by atomic mass is 16.6. The summed E-state index contributed by atoms with van der Waals surface area (Å²) in [7, 11) is 1.67. The van der Waals surface area contributed by atoms with Crippen LogP contribution in [0.1, 0.15) is 41.9 Å². The summed E-state index contributed by atoms with van der Waals surface area (Å²) < 4.78 is 2.88. The molecule has 1 aliphatic rings. The fourth-order valence-electron chi connectivity index (χ4n) is 3.26. The van der Waals surface area contributed by atoms with Crippen LogP contribution in [-0.4, -0.2) is 54.3 Å². The third-order valence-electron chi connectivity index (χ3n) is 4.76. The van der Waals surface area contributed by atoms with E-state index in [0.717, 1.165) is 19.3 Å². The van der Waals surface area contributed by atoms with Crippen molar-refractivity contribution >= 4 is 23.3 Å². The number of aromatic nitrogens is 4. The number of anilines is 1. The molecule has 1 fully saturated rings. The van der Waals surface area contributed by atoms with E-state index in [1.165, 1.54) is 21.6 Å². The lowest BCUT2D eigenvalue weighted by Gasteiger charge is -2.27. The number of nitrogens with zero attached hydrogens (tertiary/aromatic N) is 6. The maximum Gasteiger partial charge on any atom is 0.390 e. The maximum atomic E-state index is 12.8. The van der Waals surface area contributed by atoms with Gasteiger partial charge in [-0.15, -0.1) is 0 Å². The molecule has 2 aromatic rings. The van der Waals surface area contributed by atoms with Crippen molar-refractivity contribution in [2.24, 2.45) is 7.05 Å². The van der Waals surface area contributed by atoms with Gasteiger partial charge in [0.25, 0.3) is 5.91 Å². The Hall–Kier alpha value is -3.24. The Morgan fingerprint density at radius 3 is 2.64 bits per heavy atom. The fraction of sp³-hybridized carbons (Fsp3) is 0.529. The normalized spacial score (nSPS) is 14.1. The maximum absolute atomic E-state index is 12.8. The smallest absolute Gasteiger partial charge is 0.358 e. The van der Waals surface area contributed by atoms with Crippen molar-refractivity contribution in [2.75, 3.05) is 18.4 Å². The second kappa shape index (κ2) is 8.19. The van der Waals surface area contributed by atoms with E-state index in [0.29, 0.717) is 30.2 Å². The van der Waals surface area contributed by atoms with Gasteiger partial charge >= 0.3 is 5.82 Å². The molecule has 0 aromatic carbocycles. The second-order valence-electron chi connectivity index (χ2n) is 6.81. The Labute approximate surface area is 161 Å². The van der Waals surface area contributed by atoms with Crippen LogP contribution in [-0.2, 0) is 18.4 Å². The molecule has 0 radical (unpaired) electrons. The molecule has 11 heteroatoms. The van der Waals surface area contributed by atoms with Gasteiger partial charge in [0.05, 0.1) is 35.3 Å². The minimum Gasteiger partial charge on any atom is -0.358 e. The Balaban J connectivity index is 1.64. The number of hydrogen-bond acceptors (Lipinski definition) is 6. The van der Waals surface area contributed by atoms with Crippen LogP contribution in [0.15, 0.2) is 12.3 Å². The third kappa shape index (κ3) is 4.18. The molecule has 0 aliphatic carbocycles. The summed E-state index contributed by atoms with van der Waals surface area (Å²) in [6, 6.07) is 1.36. The number of hydrogen-bond donors (Lipinski definition) is 1. The molecule has 11 nitrogen and oxygen atoms in total. The van der Waals surface area contributed by atoms with Crippen LogP contribution in [0.4, 0.5) is 11.5 Å². The summed E-state index contributed by atoms with van der Waals surface area (Å²) in [5.74, 6) is -0.716. The van der Waals surface area contributed by atoms with E-state index in [1.54, 1.807) is 18.9 Å². The number of amides is 2. The van der Waals surface area contributed by atoms with E-state index in [-0.39, 0.29) is 30.6 Å². The van der Waals surface area contributed by atoms with E-state index in [1.807, 2.05) is 0 Å². The van der Waals surface area contributed by atoms with Crippen molar-refractivity contribution in [1.29, 1.82) is 0 Å². The lowest BCUT2D eigenvalue weighted by molar-refractivity contribution is -0.389. The van der Waals surface area contributed by atoms with Gasteiger partial charge < -0.3 is 20.3 Å². The second-order valence-corrected chi connectivity index (χ2v) is 6.81. The predicted octanol–water partition coefficient (Wildman–Crippen LogP) is 1.49. The van der Waals surface area contributed by atoms with Crippen LogP contribution in [0, 0.1) is 17.0 Å². The molecule has 150 valence electrons. The number of rotatable bonds is 6. The number of carbonyl (C=O) groups is 2. The Morgan fingerprint density at radius 2 is 2.00 bits per heavy atom. The average molecular weight is 389 g/mol. The van der Waals surface area contributed by atoms with Crippen LogP contribution in [0.25, 0.3) is 0 Å². The third-order valence-corrected chi connectivity index (χ3v) is 4.76. The van der Waals surface area contributed by atoms with Gasteiger partial charge in [-0.3, -0.25) is 14.3 Å². The van der Waals surface area contributed by atoms with Gasteiger partial charge in [-0.2, -0.15) is 9.78 Å². The van der Waals surface area contributed by atoms with Crippen LogP contribution >= 0.6 is 0 Å². The number of likely N-dealkylation sites (tertiary alicyclic amines) is 1. The summed E-state index contributed by atoms with van der Waals surface area (Å²) in [6.45, 7) is 3.29. The van der Waals surface area contributed by atoms with Crippen LogP contribution in [0.5, 0.6) is 0 Å². The van der Waals surface area contributed by atoms with Crippen molar-refractivity contribution < 1.29 is 14.5 Å². The van der Waals surface area contributed by atoms with Crippen LogP contribution in [0.2, 0.25) is 0 Å². The highest BCUT2D eigenvalue weighted by Gasteiger charge is 2.25. The van der Waals surface area contributed by atoms with E-state index in [2.05, 4.69) is 15.5 Å². The highest BCUT2D eigenvalue weighted by Crippen LogP contribution is 2.20. The summed E-state index contributed by atoms with van der Waals surface area (Å²) in [4.78, 5) is 37.2. The summed E-state index contributed by atoms with van der Waals surface area (Å²) in [5, 5.41) is 21.5. The first-order chi connectivity index (χ1) is 13.4. The van der Waals surface area contributed by atoms with Crippen LogP contribution in [0.3, 0.4) is 0 Å². The van der Waals surface area contributed by atoms with Gasteiger partial charge in [0.15, 0.2) is 0 Å². The number of aryl methyl sites for hydroxylation is 3. The first-order valence-corrected chi connectivity index (χ1v) is 9.17. The summed E-state index contributed by atoms with van der Waals surface area (Å²) >= 11 is 0. The number of carbonyl (C=O) groups excluding carboxylic acids is 2. The Bertz CT molecular complexity index is 895. The lowest BCUT2D eigenvalue weighted by atomic mass is 10.1. The molecule has 1 N–H and O–H groups in total. The molecule has 1 aliphatic heterocycles. The first kappa shape index (κ1) is 19.5. The topological polar surface area (TPSA) is 128 Å². The Morgan fingerprint density at radius 1 is 1.29 bits per heavy atom. The summed E-state index contributed by atoms with van der Waals surface area (Å²) in [5.41, 5.74) is 1.31. The molecule has 0 saturated carbocycles. The summed E-state index contributed by atoms with van der Waals surface area (Å²) in [6.07, 6.45) is 4.58. The van der Waals surface area contributed by atoms with Crippen molar-refractivity contribution in [3.05, 3.63) is 33.8 Å². The molecule has 2 aromatic heterocycles. The van der Waals surface area contributed by atoms with E-state index in [9.17, 15) is 19.7 Å². The largest absolute Gasteiger partial charge is 0.390 e. The molecule has 0 bridgehead atoms. The Kier molecular flexibility index (Phi) is 5.71. The van der Waals surface area contributed by atoms with Gasteiger partial charge in [-0.25, -0.2) is 0 Å². The molecule has 3 rings (SSSR count). The zero-order valence-corrected chi connectivity index (χ0v) is 15.9.